The van der Waals surface area contributed by atoms with Crippen molar-refractivity contribution >= 4 is 153 Å². The minimum absolute atomic E-state index is 0.316. The number of anilines is 2. The number of para-hydroxylation sites is 2. The van der Waals surface area contributed by atoms with Gasteiger partial charge in [-0.1, -0.05) is 0 Å². The minimum atomic E-state index is -1.20. The summed E-state index contributed by atoms with van der Waals surface area (Å²) < 4.78 is 28.4. The second-order valence-corrected chi connectivity index (χ2v) is 108. The Labute approximate surface area is 619 Å². The van der Waals surface area contributed by atoms with Gasteiger partial charge >= 0.3 is 626 Å². The quantitative estimate of drug-likeness (QED) is 0.211. The number of benzene rings is 1. The van der Waals surface area contributed by atoms with Gasteiger partial charge in [-0.25, -0.2) is 0 Å². The van der Waals surface area contributed by atoms with Crippen LogP contribution in [-0.2, 0) is 0 Å². The van der Waals surface area contributed by atoms with E-state index in [2.05, 4.69) is 343 Å². The van der Waals surface area contributed by atoms with Crippen molar-refractivity contribution in [3.8, 4) is 0 Å². The fourth-order valence-electron chi connectivity index (χ4n) is 16.5. The summed E-state index contributed by atoms with van der Waals surface area (Å²) in [7, 11) is -7.04. The van der Waals surface area contributed by atoms with E-state index >= 15 is 0 Å². The third-order valence-electron chi connectivity index (χ3n) is 21.7. The number of fused-ring (bicyclic) bond motifs is 1. The summed E-state index contributed by atoms with van der Waals surface area (Å²) in [6, 6.07) is 9.06. The molecule has 7 aliphatic rings. The number of nitrogens with zero attached hydrogens (tertiary/aromatic N) is 10. The van der Waals surface area contributed by atoms with E-state index in [1.54, 1.807) is 21.0 Å². The molecule has 0 radical (unpaired) electrons. The summed E-state index contributed by atoms with van der Waals surface area (Å²) in [5, 5.41) is 6.91. The van der Waals surface area contributed by atoms with E-state index in [1.165, 1.54) is 63.0 Å². The van der Waals surface area contributed by atoms with Crippen LogP contribution in [0.1, 0.15) is 191 Å². The van der Waals surface area contributed by atoms with Gasteiger partial charge in [-0.05, 0) is 0 Å². The monoisotopic (exact) mass is 1750 g/mol. The average Bonchev–Trinajstić information content (AvgIpc) is 0.900. The molecule has 1 aromatic carbocycles. The second kappa shape index (κ2) is 32.2. The van der Waals surface area contributed by atoms with Crippen molar-refractivity contribution in [2.24, 2.45) is 11.8 Å². The fourth-order valence-corrected chi connectivity index (χ4v) is 89.6. The predicted octanol–water partition coefficient (Wildman–Crippen LogP) is 16.6. The van der Waals surface area contributed by atoms with E-state index < -0.39 is 142 Å². The molecule has 5 saturated heterocycles. The van der Waals surface area contributed by atoms with Crippen molar-refractivity contribution in [3.63, 3.8) is 0 Å². The molecule has 0 aliphatic carbocycles. The topological polar surface area (TPSA) is 32.4 Å². The van der Waals surface area contributed by atoms with Crippen LogP contribution in [0.5, 0.6) is 0 Å². The normalized spacial score (nSPS) is 24.9. The molecule has 0 saturated carbocycles. The number of piperidine rings is 2. The van der Waals surface area contributed by atoms with Gasteiger partial charge in [0, 0.05) is 0 Å². The molecule has 1 aromatic rings. The molecule has 0 aromatic heterocycles. The molecule has 10 nitrogen and oxygen atoms in total. The van der Waals surface area contributed by atoms with Crippen LogP contribution in [0.2, 0.25) is 139 Å². The zero-order valence-electron chi connectivity index (χ0n) is 69.6. The van der Waals surface area contributed by atoms with E-state index in [1.807, 2.05) is 0 Å². The Bertz CT molecular complexity index is 2250. The van der Waals surface area contributed by atoms with E-state index in [0.29, 0.717) is 44.3 Å². The third kappa shape index (κ3) is 26.3. The standard InChI is InChI=1S/C18H38GeN2.C12H38GeN2Si4.C12H24GeN2Si2.C10H24GeN2.C10H22GeN2.C8H16Ge/c1-15(2)11-9-12-16(3,4)20(15)19-21-17(5,6)13-10-14-18(21,7)8;1-16(2,3)14(17(4,5)6)13-15(18(7,8)9)19(10,11)12;1-16(2,3)14-11-9-7-8-10-12(11)15(13-14)17(4,5)6;2*1-9(2,3)12-7-8-13(11-12)10(4,5)6;1-7-3-9(4-7)5-8(2)6-9/h9-14,19H2,1-8H3;13H2,1-12H3;7-10H,13H2,1-6H3;7-8,11H2,1-6H3;7-8H,11H2,1-6H3;7-8H,3-6H2,1-2H3. The van der Waals surface area contributed by atoms with Crippen molar-refractivity contribution in [3.05, 3.63) is 36.7 Å². The van der Waals surface area contributed by atoms with Crippen LogP contribution in [0, 0.1) is 11.8 Å². The van der Waals surface area contributed by atoms with Gasteiger partial charge in [0.05, 0.1) is 0 Å². The van der Waals surface area contributed by atoms with Crippen LogP contribution in [-0.4, -0.2) is 229 Å². The molecular formula is C70H162Ge6N10Si6. The molecule has 22 heteroatoms. The third-order valence-corrected chi connectivity index (χ3v) is 118. The van der Waals surface area contributed by atoms with Gasteiger partial charge in [-0.2, -0.15) is 0 Å². The van der Waals surface area contributed by atoms with Gasteiger partial charge in [0.2, 0.25) is 0 Å². The molecular weight excluding hydrogens is 1590 g/mol. The summed E-state index contributed by atoms with van der Waals surface area (Å²) in [6.07, 6.45) is 12.8. The van der Waals surface area contributed by atoms with Crippen molar-refractivity contribution in [1.29, 1.82) is 0 Å². The van der Waals surface area contributed by atoms with Crippen molar-refractivity contribution < 1.29 is 0 Å². The van der Waals surface area contributed by atoms with Gasteiger partial charge in [-0.15, -0.1) is 0 Å². The molecule has 0 atom stereocenters. The number of hydrogen-bond donors (Lipinski definition) is 0. The summed E-state index contributed by atoms with van der Waals surface area (Å²) in [5.41, 5.74) is 6.09. The molecule has 0 bridgehead atoms. The summed E-state index contributed by atoms with van der Waals surface area (Å²) in [4.78, 5) is 0. The Kier molecular flexibility index (Phi) is 31.1. The second-order valence-electron chi connectivity index (χ2n) is 42.7. The number of hydrogen-bond acceptors (Lipinski definition) is 10. The molecule has 92 heavy (non-hydrogen) atoms. The van der Waals surface area contributed by atoms with Gasteiger partial charge in [0.15, 0.2) is 0 Å². The molecule has 0 unspecified atom stereocenters. The van der Waals surface area contributed by atoms with E-state index in [-0.39, 0.29) is 0 Å². The Morgan fingerprint density at radius 1 is 0.424 bits per heavy atom. The molecule has 7 heterocycles. The van der Waals surface area contributed by atoms with Crippen LogP contribution in [0.3, 0.4) is 0 Å². The van der Waals surface area contributed by atoms with E-state index in [9.17, 15) is 0 Å². The Morgan fingerprint density at radius 3 is 0.891 bits per heavy atom. The molecule has 5 fully saturated rings. The number of rotatable bonds is 10. The SMILES string of the molecule is CC(C)(C)[N]1C=C[N](C(C)(C)C)[GeH2]1.CC(C)(C)[N]1CC[N](C(C)(C)C)[GeH2]1.CC1(C)CCCC(C)(C)[N]1[GeH2][N]1C(C)(C)CCCC1(C)C.CC1[CH2][Ge]2([CH2]1)[CH2]C(C)[CH2]2.C[Si](C)(C)[N]([GeH2][N]([Si](C)(C)C)[Si](C)(C)C)[Si](C)(C)C.C[Si](C)(C)[N]1[GeH2][N]([Si](C)(C)C)c2ccccc21. The van der Waals surface area contributed by atoms with Gasteiger partial charge < -0.3 is 0 Å². The van der Waals surface area contributed by atoms with E-state index in [0.717, 1.165) is 11.8 Å². The average molecular weight is 1750 g/mol. The van der Waals surface area contributed by atoms with Crippen LogP contribution in [0.25, 0.3) is 0 Å². The summed E-state index contributed by atoms with van der Waals surface area (Å²) in [6.45, 7) is 101. The van der Waals surface area contributed by atoms with Crippen LogP contribution >= 0.6 is 0 Å². The molecule has 540 valence electrons. The first-order valence-electron chi connectivity index (χ1n) is 37.2. The van der Waals surface area contributed by atoms with Crippen molar-refractivity contribution in [2.75, 3.05) is 20.1 Å². The van der Waals surface area contributed by atoms with Crippen LogP contribution in [0.15, 0.2) is 36.7 Å². The molecule has 0 amide bonds. The van der Waals surface area contributed by atoms with Gasteiger partial charge in [0.25, 0.3) is 0 Å². The Balaban J connectivity index is 0.000000293. The van der Waals surface area contributed by atoms with Crippen LogP contribution < -0.4 is 7.05 Å². The van der Waals surface area contributed by atoms with Crippen LogP contribution in [0.4, 0.5) is 11.4 Å². The summed E-state index contributed by atoms with van der Waals surface area (Å²) in [5.74, 6) is 2.27. The molecule has 8 rings (SSSR count). The Hall–Kier alpha value is 2.48. The maximum absolute atomic E-state index is 3.13. The molecule has 7 aliphatic heterocycles. The zero-order chi connectivity index (χ0) is 71.8. The van der Waals surface area contributed by atoms with E-state index in [4.69, 9.17) is 0 Å². The predicted molar refractivity (Wildman–Crippen MR) is 454 cm³/mol. The first-order valence-corrected chi connectivity index (χ1v) is 77.1. The van der Waals surface area contributed by atoms with Gasteiger partial charge in [-0.3, -0.25) is 0 Å². The fraction of sp³-hybridized carbons (Fsp3) is 0.886. The zero-order valence-corrected chi connectivity index (χ0v) is 92.5. The Morgan fingerprint density at radius 2 is 0.696 bits per heavy atom. The maximum atomic E-state index is 3.13. The first-order chi connectivity index (χ1) is 40.7. The van der Waals surface area contributed by atoms with Crippen molar-refractivity contribution in [2.45, 2.75) is 374 Å². The van der Waals surface area contributed by atoms with Gasteiger partial charge in [0.1, 0.15) is 0 Å². The first kappa shape index (κ1) is 88.7. The molecule has 0 N–H and O–H groups in total. The van der Waals surface area contributed by atoms with Crippen molar-refractivity contribution in [1.82, 2.24) is 29.5 Å². The molecule has 1 spiro atoms. The summed E-state index contributed by atoms with van der Waals surface area (Å²) >= 11 is -4.78.